The van der Waals surface area contributed by atoms with Crippen molar-refractivity contribution in [2.75, 3.05) is 18.4 Å². The molecule has 0 bridgehead atoms. The fraction of sp³-hybridized carbons (Fsp3) is 0.333. The molecule has 4 nitrogen and oxygen atoms in total. The average molecular weight is 252 g/mol. The molecule has 0 radical (unpaired) electrons. The molecule has 0 unspecified atom stereocenters. The highest BCUT2D eigenvalue weighted by Crippen LogP contribution is 2.23. The van der Waals surface area contributed by atoms with Gasteiger partial charge in [0.25, 0.3) is 5.91 Å². The van der Waals surface area contributed by atoms with Crippen molar-refractivity contribution in [1.82, 2.24) is 10.3 Å². The van der Waals surface area contributed by atoms with E-state index in [0.29, 0.717) is 10.8 Å². The zero-order valence-electron chi connectivity index (χ0n) is 9.80. The zero-order chi connectivity index (χ0) is 12.4. The molecule has 2 N–H and O–H groups in total. The molecule has 1 amide bonds. The topological polar surface area (TPSA) is 54.0 Å². The Morgan fingerprint density at radius 3 is 2.76 bits per heavy atom. The molecule has 2 heterocycles. The van der Waals surface area contributed by atoms with Crippen molar-refractivity contribution in [3.63, 3.8) is 0 Å². The minimum absolute atomic E-state index is 0.112. The first-order chi connectivity index (χ1) is 8.09. The van der Waals surface area contributed by atoms with Crippen LogP contribution in [0.3, 0.4) is 0 Å². The summed E-state index contributed by atoms with van der Waals surface area (Å²) < 4.78 is 0. The Morgan fingerprint density at radius 2 is 2.24 bits per heavy atom. The van der Waals surface area contributed by atoms with E-state index in [1.54, 1.807) is 6.20 Å². The lowest BCUT2D eigenvalue weighted by Crippen LogP contribution is -2.36. The van der Waals surface area contributed by atoms with Gasteiger partial charge in [-0.3, -0.25) is 4.79 Å². The number of hydrogen-bond donors (Lipinski definition) is 2. The van der Waals surface area contributed by atoms with Crippen molar-refractivity contribution in [3.8, 4) is 0 Å². The number of nitrogens with one attached hydrogen (secondary N) is 2. The third-order valence-electron chi connectivity index (χ3n) is 2.90. The summed E-state index contributed by atoms with van der Waals surface area (Å²) in [7, 11) is 0. The van der Waals surface area contributed by atoms with Crippen LogP contribution in [0.25, 0.3) is 0 Å². The molecule has 90 valence electrons. The summed E-state index contributed by atoms with van der Waals surface area (Å²) in [6, 6.07) is 1.81. The summed E-state index contributed by atoms with van der Waals surface area (Å²) in [6.07, 6.45) is 1.62. The highest BCUT2D eigenvalue weighted by Gasteiger charge is 2.17. The Labute approximate surface area is 105 Å². The van der Waals surface area contributed by atoms with Crippen molar-refractivity contribution in [2.45, 2.75) is 13.8 Å². The number of aromatic nitrogens is 1. The van der Waals surface area contributed by atoms with Gasteiger partial charge in [0.2, 0.25) is 0 Å². The molecule has 0 saturated carbocycles. The maximum absolute atomic E-state index is 12.0. The predicted molar refractivity (Wildman–Crippen MR) is 68.2 cm³/mol. The number of amides is 1. The van der Waals surface area contributed by atoms with Crippen LogP contribution in [0, 0.1) is 6.92 Å². The second kappa shape index (κ2) is 4.85. The van der Waals surface area contributed by atoms with Crippen LogP contribution in [0.15, 0.2) is 23.4 Å². The van der Waals surface area contributed by atoms with Gasteiger partial charge in [-0.05, 0) is 31.1 Å². The Hall–Kier alpha value is -1.39. The molecule has 2 rings (SSSR count). The van der Waals surface area contributed by atoms with E-state index in [1.807, 2.05) is 19.9 Å². The molecular formula is C12H14ClN3O. The lowest BCUT2D eigenvalue weighted by Gasteiger charge is -2.21. The van der Waals surface area contributed by atoms with E-state index in [0.717, 1.165) is 29.8 Å². The second-order valence-corrected chi connectivity index (χ2v) is 4.44. The Balaban J connectivity index is 2.19. The second-order valence-electron chi connectivity index (χ2n) is 4.08. The van der Waals surface area contributed by atoms with Gasteiger partial charge in [0.15, 0.2) is 5.15 Å². The number of rotatable bonds is 2. The van der Waals surface area contributed by atoms with Crippen LogP contribution in [-0.2, 0) is 4.79 Å². The van der Waals surface area contributed by atoms with Gasteiger partial charge in [0, 0.05) is 24.9 Å². The van der Waals surface area contributed by atoms with E-state index >= 15 is 0 Å². The number of hydrogen-bond acceptors (Lipinski definition) is 3. The first-order valence-electron chi connectivity index (χ1n) is 5.41. The van der Waals surface area contributed by atoms with Gasteiger partial charge in [-0.25, -0.2) is 4.98 Å². The Kier molecular flexibility index (Phi) is 3.45. The number of anilines is 1. The van der Waals surface area contributed by atoms with Gasteiger partial charge >= 0.3 is 0 Å². The monoisotopic (exact) mass is 251 g/mol. The minimum Gasteiger partial charge on any atom is -0.319 e. The van der Waals surface area contributed by atoms with Gasteiger partial charge in [0.1, 0.15) is 0 Å². The fourth-order valence-electron chi connectivity index (χ4n) is 1.56. The minimum atomic E-state index is -0.112. The number of halogens is 1. The highest BCUT2D eigenvalue weighted by molar-refractivity contribution is 6.32. The third-order valence-corrected chi connectivity index (χ3v) is 3.19. The maximum atomic E-state index is 12.0. The first-order valence-corrected chi connectivity index (χ1v) is 5.79. The summed E-state index contributed by atoms with van der Waals surface area (Å²) in [5.74, 6) is -0.112. The standard InChI is InChI=1S/C12H14ClN3O/c1-7-3-4-15-11(13)10(7)16-12(17)8(2)9-5-14-6-9/h3-4,14H,5-6H2,1-2H3,(H,16,17). The van der Waals surface area contributed by atoms with Gasteiger partial charge in [-0.15, -0.1) is 0 Å². The quantitative estimate of drug-likeness (QED) is 0.624. The van der Waals surface area contributed by atoms with Crippen molar-refractivity contribution in [1.29, 1.82) is 0 Å². The van der Waals surface area contributed by atoms with E-state index in [2.05, 4.69) is 15.6 Å². The molecule has 5 heteroatoms. The molecule has 1 aromatic rings. The molecule has 1 aromatic heterocycles. The van der Waals surface area contributed by atoms with Crippen LogP contribution in [0.1, 0.15) is 12.5 Å². The van der Waals surface area contributed by atoms with Gasteiger partial charge in [-0.1, -0.05) is 11.6 Å². The van der Waals surface area contributed by atoms with Crippen LogP contribution >= 0.6 is 11.6 Å². The van der Waals surface area contributed by atoms with Crippen LogP contribution < -0.4 is 10.6 Å². The first kappa shape index (κ1) is 12.1. The number of pyridine rings is 1. The lowest BCUT2D eigenvalue weighted by atomic mass is 10.0. The summed E-state index contributed by atoms with van der Waals surface area (Å²) >= 11 is 5.95. The number of carbonyl (C=O) groups is 1. The van der Waals surface area contributed by atoms with Gasteiger partial charge in [0.05, 0.1) is 5.69 Å². The van der Waals surface area contributed by atoms with E-state index in [9.17, 15) is 4.79 Å². The van der Waals surface area contributed by atoms with Crippen molar-refractivity contribution in [2.24, 2.45) is 0 Å². The highest BCUT2D eigenvalue weighted by atomic mass is 35.5. The van der Waals surface area contributed by atoms with Gasteiger partial charge in [-0.2, -0.15) is 0 Å². The molecule has 0 atom stereocenters. The van der Waals surface area contributed by atoms with E-state index in [4.69, 9.17) is 11.6 Å². The van der Waals surface area contributed by atoms with Crippen LogP contribution in [0.2, 0.25) is 5.15 Å². The summed E-state index contributed by atoms with van der Waals surface area (Å²) in [4.78, 5) is 15.9. The van der Waals surface area contributed by atoms with Crippen LogP contribution in [0.5, 0.6) is 0 Å². The number of nitrogens with zero attached hydrogens (tertiary/aromatic N) is 1. The summed E-state index contributed by atoms with van der Waals surface area (Å²) in [5, 5.41) is 6.24. The van der Waals surface area contributed by atoms with E-state index in [1.165, 1.54) is 0 Å². The third kappa shape index (κ3) is 2.48. The summed E-state index contributed by atoms with van der Waals surface area (Å²) in [5.41, 5.74) is 3.39. The molecule has 17 heavy (non-hydrogen) atoms. The smallest absolute Gasteiger partial charge is 0.251 e. The predicted octanol–water partition coefficient (Wildman–Crippen LogP) is 1.90. The zero-order valence-corrected chi connectivity index (χ0v) is 10.6. The number of aryl methyl sites for hydroxylation is 1. The van der Waals surface area contributed by atoms with E-state index in [-0.39, 0.29) is 5.91 Å². The molecule has 1 aliphatic heterocycles. The fourth-order valence-corrected chi connectivity index (χ4v) is 1.81. The van der Waals surface area contributed by atoms with Crippen molar-refractivity contribution in [3.05, 3.63) is 34.1 Å². The molecule has 1 aliphatic rings. The van der Waals surface area contributed by atoms with Crippen LogP contribution in [0.4, 0.5) is 5.69 Å². The average Bonchev–Trinajstić information content (AvgIpc) is 2.21. The normalized spacial score (nSPS) is 14.2. The molecule has 0 spiro atoms. The van der Waals surface area contributed by atoms with Crippen molar-refractivity contribution >= 4 is 23.2 Å². The molecule has 0 aromatic carbocycles. The lowest BCUT2D eigenvalue weighted by molar-refractivity contribution is -0.112. The Morgan fingerprint density at radius 1 is 1.53 bits per heavy atom. The largest absolute Gasteiger partial charge is 0.319 e. The summed E-state index contributed by atoms with van der Waals surface area (Å²) in [6.45, 7) is 5.29. The number of carbonyl (C=O) groups excluding carboxylic acids is 1. The van der Waals surface area contributed by atoms with Crippen molar-refractivity contribution < 1.29 is 4.79 Å². The van der Waals surface area contributed by atoms with E-state index < -0.39 is 0 Å². The maximum Gasteiger partial charge on any atom is 0.251 e. The SMILES string of the molecule is CC(C(=O)Nc1c(C)ccnc1Cl)=C1CNC1. The molecule has 1 saturated heterocycles. The molecule has 0 aliphatic carbocycles. The van der Waals surface area contributed by atoms with Crippen LogP contribution in [-0.4, -0.2) is 24.0 Å². The van der Waals surface area contributed by atoms with Gasteiger partial charge < -0.3 is 10.6 Å². The molecule has 1 fully saturated rings. The Bertz CT molecular complexity index is 470. The molecular weight excluding hydrogens is 238 g/mol.